The topological polar surface area (TPSA) is 96.5 Å². The standard InChI is InChI=1S/C22H21N3O4S/c26-20(15-29-18-5-2-1-3-6-18)25-17-10-8-16(9-11-17)21(27)23-12-13-24-22(28)19-7-4-14-30-19/h1-11,14H,12-13,15H2,(H,23,27)(H,24,28)(H,25,26). The normalized spacial score (nSPS) is 10.1. The summed E-state index contributed by atoms with van der Waals surface area (Å²) in [5.74, 6) is -0.0926. The second kappa shape index (κ2) is 10.8. The van der Waals surface area contributed by atoms with Gasteiger partial charge in [-0.3, -0.25) is 14.4 Å². The predicted molar refractivity (Wildman–Crippen MR) is 116 cm³/mol. The SMILES string of the molecule is O=C(COc1ccccc1)Nc1ccc(C(=O)NCCNC(=O)c2cccs2)cc1. The molecule has 1 aromatic heterocycles. The Bertz CT molecular complexity index is 973. The summed E-state index contributed by atoms with van der Waals surface area (Å²) in [6.07, 6.45) is 0. The van der Waals surface area contributed by atoms with Crippen LogP contribution in [0, 0.1) is 0 Å². The van der Waals surface area contributed by atoms with Crippen molar-refractivity contribution in [1.82, 2.24) is 10.6 Å². The van der Waals surface area contributed by atoms with Crippen molar-refractivity contribution in [1.29, 1.82) is 0 Å². The molecular weight excluding hydrogens is 402 g/mol. The van der Waals surface area contributed by atoms with Gasteiger partial charge in [-0.05, 0) is 47.8 Å². The Morgan fingerprint density at radius 1 is 0.800 bits per heavy atom. The Kier molecular flexibility index (Phi) is 7.57. The summed E-state index contributed by atoms with van der Waals surface area (Å²) in [4.78, 5) is 36.6. The number of anilines is 1. The van der Waals surface area contributed by atoms with Crippen LogP contribution < -0.4 is 20.7 Å². The molecule has 0 fully saturated rings. The Hall–Kier alpha value is -3.65. The molecule has 7 nitrogen and oxygen atoms in total. The van der Waals surface area contributed by atoms with E-state index in [0.717, 1.165) is 0 Å². The minimum Gasteiger partial charge on any atom is -0.484 e. The van der Waals surface area contributed by atoms with Gasteiger partial charge in [0.1, 0.15) is 5.75 Å². The van der Waals surface area contributed by atoms with Crippen LogP contribution in [0.25, 0.3) is 0 Å². The number of para-hydroxylation sites is 1. The molecule has 154 valence electrons. The van der Waals surface area contributed by atoms with Crippen LogP contribution in [0.4, 0.5) is 5.69 Å². The van der Waals surface area contributed by atoms with Crippen LogP contribution in [0.3, 0.4) is 0 Å². The first-order valence-electron chi connectivity index (χ1n) is 9.29. The minimum atomic E-state index is -0.294. The number of ether oxygens (including phenoxy) is 1. The summed E-state index contributed by atoms with van der Waals surface area (Å²) in [7, 11) is 0. The lowest BCUT2D eigenvalue weighted by Crippen LogP contribution is -2.34. The summed E-state index contributed by atoms with van der Waals surface area (Å²) in [5.41, 5.74) is 1.02. The molecule has 3 N–H and O–H groups in total. The average molecular weight is 423 g/mol. The van der Waals surface area contributed by atoms with Crippen LogP contribution in [0.15, 0.2) is 72.1 Å². The number of thiophene rings is 1. The van der Waals surface area contributed by atoms with Gasteiger partial charge in [-0.25, -0.2) is 0 Å². The molecule has 30 heavy (non-hydrogen) atoms. The number of hydrogen-bond acceptors (Lipinski definition) is 5. The maximum atomic E-state index is 12.2. The van der Waals surface area contributed by atoms with Crippen molar-refractivity contribution in [3.63, 3.8) is 0 Å². The second-order valence-corrected chi connectivity index (χ2v) is 7.16. The Labute approximate surface area is 178 Å². The third kappa shape index (κ3) is 6.46. The third-order valence-electron chi connectivity index (χ3n) is 3.99. The maximum Gasteiger partial charge on any atom is 0.262 e. The molecule has 3 aromatic rings. The number of carbonyl (C=O) groups is 3. The van der Waals surface area contributed by atoms with Gasteiger partial charge in [0.15, 0.2) is 6.61 Å². The number of nitrogens with one attached hydrogen (secondary N) is 3. The molecule has 0 saturated carbocycles. The molecule has 0 aliphatic rings. The van der Waals surface area contributed by atoms with E-state index < -0.39 is 0 Å². The van der Waals surface area contributed by atoms with Crippen LogP contribution in [-0.2, 0) is 4.79 Å². The summed E-state index contributed by atoms with van der Waals surface area (Å²) in [5, 5.41) is 10.0. The Morgan fingerprint density at radius 3 is 2.17 bits per heavy atom. The first kappa shape index (κ1) is 21.1. The first-order chi connectivity index (χ1) is 14.6. The van der Waals surface area contributed by atoms with E-state index in [-0.39, 0.29) is 24.3 Å². The average Bonchev–Trinajstić information content (AvgIpc) is 3.31. The Morgan fingerprint density at radius 2 is 1.50 bits per heavy atom. The van der Waals surface area contributed by atoms with Crippen molar-refractivity contribution in [2.75, 3.05) is 25.0 Å². The smallest absolute Gasteiger partial charge is 0.262 e. The molecule has 0 aliphatic carbocycles. The van der Waals surface area contributed by atoms with Gasteiger partial charge in [0, 0.05) is 24.3 Å². The van der Waals surface area contributed by atoms with Gasteiger partial charge in [0.05, 0.1) is 4.88 Å². The Balaban J connectivity index is 1.38. The van der Waals surface area contributed by atoms with Crippen LogP contribution in [-0.4, -0.2) is 37.4 Å². The molecule has 0 atom stereocenters. The third-order valence-corrected chi connectivity index (χ3v) is 4.85. The number of rotatable bonds is 9. The molecule has 8 heteroatoms. The lowest BCUT2D eigenvalue weighted by molar-refractivity contribution is -0.118. The van der Waals surface area contributed by atoms with Crippen molar-refractivity contribution in [2.45, 2.75) is 0 Å². The fourth-order valence-electron chi connectivity index (χ4n) is 2.52. The second-order valence-electron chi connectivity index (χ2n) is 6.22. The number of hydrogen-bond donors (Lipinski definition) is 3. The zero-order chi connectivity index (χ0) is 21.2. The van der Waals surface area contributed by atoms with Crippen LogP contribution in [0.5, 0.6) is 5.75 Å². The minimum absolute atomic E-state index is 0.108. The highest BCUT2D eigenvalue weighted by Crippen LogP contribution is 2.11. The fourth-order valence-corrected chi connectivity index (χ4v) is 3.16. The van der Waals surface area contributed by atoms with Crippen LogP contribution in [0.1, 0.15) is 20.0 Å². The summed E-state index contributed by atoms with van der Waals surface area (Å²) in [6.45, 7) is 0.534. The van der Waals surface area contributed by atoms with E-state index in [0.29, 0.717) is 35.0 Å². The van der Waals surface area contributed by atoms with E-state index >= 15 is 0 Å². The monoisotopic (exact) mass is 423 g/mol. The van der Waals surface area contributed by atoms with Gasteiger partial charge in [-0.1, -0.05) is 24.3 Å². The van der Waals surface area contributed by atoms with E-state index in [9.17, 15) is 14.4 Å². The predicted octanol–water partition coefficient (Wildman–Crippen LogP) is 2.93. The highest BCUT2D eigenvalue weighted by molar-refractivity contribution is 7.12. The number of benzene rings is 2. The van der Waals surface area contributed by atoms with Crippen LogP contribution in [0.2, 0.25) is 0 Å². The van der Waals surface area contributed by atoms with Crippen molar-refractivity contribution in [2.24, 2.45) is 0 Å². The molecule has 3 amide bonds. The van der Waals surface area contributed by atoms with Gasteiger partial charge < -0.3 is 20.7 Å². The van der Waals surface area contributed by atoms with E-state index in [1.54, 1.807) is 42.5 Å². The van der Waals surface area contributed by atoms with Crippen molar-refractivity contribution >= 4 is 34.7 Å². The van der Waals surface area contributed by atoms with Crippen LogP contribution >= 0.6 is 11.3 Å². The van der Waals surface area contributed by atoms with Gasteiger partial charge in [-0.15, -0.1) is 11.3 Å². The number of carbonyl (C=O) groups excluding carboxylic acids is 3. The fraction of sp³-hybridized carbons (Fsp3) is 0.136. The largest absolute Gasteiger partial charge is 0.484 e. The molecule has 0 unspecified atom stereocenters. The lowest BCUT2D eigenvalue weighted by Gasteiger charge is -2.09. The molecule has 1 heterocycles. The van der Waals surface area contributed by atoms with E-state index in [1.165, 1.54) is 11.3 Å². The first-order valence-corrected chi connectivity index (χ1v) is 10.2. The summed E-state index contributed by atoms with van der Waals surface area (Å²) < 4.78 is 5.39. The van der Waals surface area contributed by atoms with Gasteiger partial charge in [0.2, 0.25) is 0 Å². The van der Waals surface area contributed by atoms with Crippen molar-refractivity contribution in [3.8, 4) is 5.75 Å². The molecule has 3 rings (SSSR count). The molecule has 2 aromatic carbocycles. The molecule has 0 spiro atoms. The molecule has 0 radical (unpaired) electrons. The molecule has 0 aliphatic heterocycles. The summed E-state index contributed by atoms with van der Waals surface area (Å²) >= 11 is 1.36. The van der Waals surface area contributed by atoms with E-state index in [1.807, 2.05) is 29.6 Å². The zero-order valence-electron chi connectivity index (χ0n) is 16.1. The van der Waals surface area contributed by atoms with Crippen molar-refractivity contribution in [3.05, 3.63) is 82.6 Å². The zero-order valence-corrected chi connectivity index (χ0v) is 16.9. The quantitative estimate of drug-likeness (QED) is 0.461. The molecule has 0 saturated heterocycles. The lowest BCUT2D eigenvalue weighted by atomic mass is 10.2. The maximum absolute atomic E-state index is 12.2. The number of amides is 3. The van der Waals surface area contributed by atoms with Gasteiger partial charge in [-0.2, -0.15) is 0 Å². The highest BCUT2D eigenvalue weighted by atomic mass is 32.1. The van der Waals surface area contributed by atoms with Gasteiger partial charge in [0.25, 0.3) is 17.7 Å². The van der Waals surface area contributed by atoms with E-state index in [2.05, 4.69) is 16.0 Å². The summed E-state index contributed by atoms with van der Waals surface area (Å²) in [6, 6.07) is 19.1. The highest BCUT2D eigenvalue weighted by Gasteiger charge is 2.08. The van der Waals surface area contributed by atoms with E-state index in [4.69, 9.17) is 4.74 Å². The molecular formula is C22H21N3O4S. The van der Waals surface area contributed by atoms with Crippen molar-refractivity contribution < 1.29 is 19.1 Å². The molecule has 0 bridgehead atoms. The van der Waals surface area contributed by atoms with Gasteiger partial charge >= 0.3 is 0 Å².